The summed E-state index contributed by atoms with van der Waals surface area (Å²) < 4.78 is 1.59. The fraction of sp³-hybridized carbons (Fsp3) is 0.667. The molecule has 0 aliphatic rings. The van der Waals surface area contributed by atoms with E-state index < -0.39 is 6.10 Å². The second kappa shape index (κ2) is 6.13. The minimum absolute atomic E-state index is 0.0852. The number of aliphatic hydroxyl groups is 1. The molecule has 0 aromatic carbocycles. The summed E-state index contributed by atoms with van der Waals surface area (Å²) >= 11 is 0. The van der Waals surface area contributed by atoms with E-state index in [2.05, 4.69) is 15.4 Å². The molecule has 1 aromatic heterocycles. The van der Waals surface area contributed by atoms with Crippen LogP contribution in [0.5, 0.6) is 0 Å². The number of carbonyl (C=O) groups is 1. The highest BCUT2D eigenvalue weighted by molar-refractivity contribution is 5.75. The maximum Gasteiger partial charge on any atom is 0.221 e. The van der Waals surface area contributed by atoms with E-state index in [4.69, 9.17) is 0 Å². The molecule has 1 amide bonds. The number of carbonyl (C=O) groups excluding carboxylic acids is 1. The van der Waals surface area contributed by atoms with E-state index in [9.17, 15) is 9.90 Å². The first-order valence-electron chi connectivity index (χ1n) is 4.99. The molecule has 1 atom stereocenters. The Kier molecular flexibility index (Phi) is 4.76. The molecule has 1 unspecified atom stereocenters. The number of nitrogens with one attached hydrogen (secondary N) is 1. The minimum Gasteiger partial charge on any atom is -0.391 e. The largest absolute Gasteiger partial charge is 0.391 e. The van der Waals surface area contributed by atoms with Crippen LogP contribution in [0.3, 0.4) is 0 Å². The molecule has 1 rings (SSSR count). The highest BCUT2D eigenvalue weighted by Gasteiger charge is 2.05. The quantitative estimate of drug-likeness (QED) is 0.669. The van der Waals surface area contributed by atoms with Crippen molar-refractivity contribution < 1.29 is 9.90 Å². The van der Waals surface area contributed by atoms with Gasteiger partial charge in [0.1, 0.15) is 12.7 Å². The number of amides is 1. The van der Waals surface area contributed by atoms with Crippen molar-refractivity contribution in [3.05, 3.63) is 12.7 Å². The number of aliphatic hydroxyl groups excluding tert-OH is 1. The number of aromatic nitrogens is 3. The van der Waals surface area contributed by atoms with Crippen LogP contribution in [0.15, 0.2) is 12.7 Å². The second-order valence-electron chi connectivity index (χ2n) is 3.27. The first-order valence-corrected chi connectivity index (χ1v) is 4.99. The lowest BCUT2D eigenvalue weighted by Gasteiger charge is -2.09. The topological polar surface area (TPSA) is 80.0 Å². The van der Waals surface area contributed by atoms with Gasteiger partial charge in [-0.05, 0) is 6.42 Å². The zero-order chi connectivity index (χ0) is 11.1. The van der Waals surface area contributed by atoms with E-state index in [0.717, 1.165) is 0 Å². The van der Waals surface area contributed by atoms with Gasteiger partial charge in [-0.15, -0.1) is 0 Å². The SMILES string of the molecule is CCC(O)CNC(=O)CCn1cncn1. The van der Waals surface area contributed by atoms with E-state index in [-0.39, 0.29) is 5.91 Å². The molecule has 1 heterocycles. The van der Waals surface area contributed by atoms with Gasteiger partial charge in [-0.1, -0.05) is 6.92 Å². The van der Waals surface area contributed by atoms with Crippen LogP contribution in [-0.2, 0) is 11.3 Å². The van der Waals surface area contributed by atoms with Crippen LogP contribution in [0.1, 0.15) is 19.8 Å². The lowest BCUT2D eigenvalue weighted by molar-refractivity contribution is -0.121. The molecule has 0 fully saturated rings. The monoisotopic (exact) mass is 212 g/mol. The van der Waals surface area contributed by atoms with Crippen LogP contribution in [0.4, 0.5) is 0 Å². The normalized spacial score (nSPS) is 12.4. The van der Waals surface area contributed by atoms with Gasteiger partial charge in [-0.25, -0.2) is 4.98 Å². The number of hydrogen-bond donors (Lipinski definition) is 2. The molecular formula is C9H16N4O2. The van der Waals surface area contributed by atoms with Crippen LogP contribution in [0, 0.1) is 0 Å². The number of hydrogen-bond acceptors (Lipinski definition) is 4. The molecule has 15 heavy (non-hydrogen) atoms. The van der Waals surface area contributed by atoms with E-state index in [0.29, 0.717) is 25.9 Å². The lowest BCUT2D eigenvalue weighted by Crippen LogP contribution is -2.32. The van der Waals surface area contributed by atoms with Gasteiger partial charge in [0.05, 0.1) is 12.6 Å². The molecule has 0 aliphatic carbocycles. The molecule has 6 heteroatoms. The van der Waals surface area contributed by atoms with Gasteiger partial charge in [-0.3, -0.25) is 9.48 Å². The Morgan fingerprint density at radius 2 is 2.47 bits per heavy atom. The van der Waals surface area contributed by atoms with Crippen molar-refractivity contribution in [3.8, 4) is 0 Å². The van der Waals surface area contributed by atoms with Crippen LogP contribution < -0.4 is 5.32 Å². The maximum atomic E-state index is 11.3. The lowest BCUT2D eigenvalue weighted by atomic mass is 10.3. The van der Waals surface area contributed by atoms with Gasteiger partial charge < -0.3 is 10.4 Å². The van der Waals surface area contributed by atoms with Gasteiger partial charge in [0.2, 0.25) is 5.91 Å². The fourth-order valence-corrected chi connectivity index (χ4v) is 1.03. The van der Waals surface area contributed by atoms with Crippen molar-refractivity contribution in [1.29, 1.82) is 0 Å². The summed E-state index contributed by atoms with van der Waals surface area (Å²) in [6, 6.07) is 0. The Bertz CT molecular complexity index is 286. The summed E-state index contributed by atoms with van der Waals surface area (Å²) in [5.41, 5.74) is 0. The molecule has 0 saturated carbocycles. The van der Waals surface area contributed by atoms with Crippen molar-refractivity contribution in [2.75, 3.05) is 6.54 Å². The number of aryl methyl sites for hydroxylation is 1. The zero-order valence-corrected chi connectivity index (χ0v) is 8.76. The number of nitrogens with zero attached hydrogens (tertiary/aromatic N) is 3. The molecule has 2 N–H and O–H groups in total. The molecule has 84 valence electrons. The van der Waals surface area contributed by atoms with E-state index >= 15 is 0 Å². The first-order chi connectivity index (χ1) is 7.22. The predicted molar refractivity (Wildman–Crippen MR) is 53.9 cm³/mol. The van der Waals surface area contributed by atoms with Crippen molar-refractivity contribution in [2.45, 2.75) is 32.4 Å². The summed E-state index contributed by atoms with van der Waals surface area (Å²) in [7, 11) is 0. The summed E-state index contributed by atoms with van der Waals surface area (Å²) in [5, 5.41) is 15.7. The van der Waals surface area contributed by atoms with E-state index in [1.807, 2.05) is 6.92 Å². The van der Waals surface area contributed by atoms with Crippen LogP contribution in [0.2, 0.25) is 0 Å². The third kappa shape index (κ3) is 4.55. The smallest absolute Gasteiger partial charge is 0.221 e. The fourth-order valence-electron chi connectivity index (χ4n) is 1.03. The molecule has 1 aromatic rings. The minimum atomic E-state index is -0.458. The molecule has 6 nitrogen and oxygen atoms in total. The Labute approximate surface area is 88.3 Å². The molecule has 0 radical (unpaired) electrons. The van der Waals surface area contributed by atoms with Gasteiger partial charge >= 0.3 is 0 Å². The third-order valence-electron chi connectivity index (χ3n) is 2.04. The highest BCUT2D eigenvalue weighted by atomic mass is 16.3. The van der Waals surface area contributed by atoms with Crippen LogP contribution in [0.25, 0.3) is 0 Å². The molecule has 0 bridgehead atoms. The van der Waals surface area contributed by atoms with Gasteiger partial charge in [-0.2, -0.15) is 5.10 Å². The standard InChI is InChI=1S/C9H16N4O2/c1-2-8(14)5-11-9(15)3-4-13-7-10-6-12-13/h6-8,14H,2-5H2,1H3,(H,11,15). The summed E-state index contributed by atoms with van der Waals surface area (Å²) in [4.78, 5) is 15.0. The Morgan fingerprint density at radius 1 is 1.67 bits per heavy atom. The molecule has 0 spiro atoms. The van der Waals surface area contributed by atoms with Gasteiger partial charge in [0.25, 0.3) is 0 Å². The van der Waals surface area contributed by atoms with Crippen LogP contribution >= 0.6 is 0 Å². The van der Waals surface area contributed by atoms with Gasteiger partial charge in [0.15, 0.2) is 0 Å². The van der Waals surface area contributed by atoms with E-state index in [1.54, 1.807) is 11.0 Å². The Hall–Kier alpha value is -1.43. The predicted octanol–water partition coefficient (Wildman–Crippen LogP) is -0.445. The average Bonchev–Trinajstić information content (AvgIpc) is 2.75. The molecule has 0 aliphatic heterocycles. The number of rotatable bonds is 6. The summed E-state index contributed by atoms with van der Waals surface area (Å²) in [5.74, 6) is -0.0852. The van der Waals surface area contributed by atoms with Crippen molar-refractivity contribution >= 4 is 5.91 Å². The summed E-state index contributed by atoms with van der Waals surface area (Å²) in [6.45, 7) is 2.69. The van der Waals surface area contributed by atoms with Crippen molar-refractivity contribution in [2.24, 2.45) is 0 Å². The van der Waals surface area contributed by atoms with Gasteiger partial charge in [0, 0.05) is 13.0 Å². The Morgan fingerprint density at radius 3 is 3.07 bits per heavy atom. The molecular weight excluding hydrogens is 196 g/mol. The van der Waals surface area contributed by atoms with Crippen molar-refractivity contribution in [3.63, 3.8) is 0 Å². The zero-order valence-electron chi connectivity index (χ0n) is 8.76. The maximum absolute atomic E-state index is 11.3. The first kappa shape index (κ1) is 11.6. The average molecular weight is 212 g/mol. The molecule has 0 saturated heterocycles. The van der Waals surface area contributed by atoms with Crippen LogP contribution in [-0.4, -0.2) is 38.4 Å². The third-order valence-corrected chi connectivity index (χ3v) is 2.04. The van der Waals surface area contributed by atoms with Crippen molar-refractivity contribution in [1.82, 2.24) is 20.1 Å². The Balaban J connectivity index is 2.14. The van der Waals surface area contributed by atoms with E-state index in [1.165, 1.54) is 6.33 Å². The highest BCUT2D eigenvalue weighted by Crippen LogP contribution is 1.90. The second-order valence-corrected chi connectivity index (χ2v) is 3.27. The summed E-state index contributed by atoms with van der Waals surface area (Å²) in [6.07, 6.45) is 3.52.